The molecule has 0 radical (unpaired) electrons. The maximum absolute atomic E-state index is 11.9. The highest BCUT2D eigenvalue weighted by atomic mass is 16.6. The Bertz CT molecular complexity index is 631. The molecule has 0 aliphatic heterocycles. The van der Waals surface area contributed by atoms with E-state index < -0.39 is 10.8 Å². The van der Waals surface area contributed by atoms with E-state index in [-0.39, 0.29) is 11.5 Å². The second-order valence-corrected chi connectivity index (χ2v) is 4.09. The van der Waals surface area contributed by atoms with E-state index in [2.05, 4.69) is 10.4 Å². The van der Waals surface area contributed by atoms with Gasteiger partial charge in [-0.2, -0.15) is 0 Å². The molecule has 0 unspecified atom stereocenters. The average Bonchev–Trinajstić information content (AvgIpc) is 2.74. The van der Waals surface area contributed by atoms with Crippen LogP contribution in [0.1, 0.15) is 16.1 Å². The molecule has 0 saturated heterocycles. The van der Waals surface area contributed by atoms with E-state index in [1.54, 1.807) is 12.1 Å². The van der Waals surface area contributed by atoms with Crippen molar-refractivity contribution in [1.82, 2.24) is 9.78 Å². The summed E-state index contributed by atoms with van der Waals surface area (Å²) in [7, 11) is 1.42. The molecule has 0 atom stereocenters. The SMILES string of the molecule is Cc1ccc(NC(=O)c2cc([N+](=O)[O-])n(C)n2)cc1. The molecule has 98 valence electrons. The van der Waals surface area contributed by atoms with Crippen LogP contribution in [0.2, 0.25) is 0 Å². The maximum Gasteiger partial charge on any atom is 0.345 e. The summed E-state index contributed by atoms with van der Waals surface area (Å²) in [6.45, 7) is 1.94. The number of benzene rings is 1. The Morgan fingerprint density at radius 2 is 2.00 bits per heavy atom. The van der Waals surface area contributed by atoms with Crippen molar-refractivity contribution in [1.29, 1.82) is 0 Å². The van der Waals surface area contributed by atoms with Crippen LogP contribution < -0.4 is 5.32 Å². The lowest BCUT2D eigenvalue weighted by molar-refractivity contribution is -0.392. The van der Waals surface area contributed by atoms with Gasteiger partial charge in [-0.3, -0.25) is 4.79 Å². The van der Waals surface area contributed by atoms with Crippen LogP contribution in [0.5, 0.6) is 0 Å². The van der Waals surface area contributed by atoms with E-state index in [9.17, 15) is 14.9 Å². The Hall–Kier alpha value is -2.70. The number of rotatable bonds is 3. The summed E-state index contributed by atoms with van der Waals surface area (Å²) in [4.78, 5) is 22.0. The van der Waals surface area contributed by atoms with Crippen molar-refractivity contribution in [2.75, 3.05) is 5.32 Å². The van der Waals surface area contributed by atoms with Crippen molar-refractivity contribution >= 4 is 17.4 Å². The number of anilines is 1. The minimum atomic E-state index is -0.588. The number of nitrogens with one attached hydrogen (secondary N) is 1. The van der Waals surface area contributed by atoms with Gasteiger partial charge >= 0.3 is 5.82 Å². The molecule has 0 saturated carbocycles. The van der Waals surface area contributed by atoms with Crippen molar-refractivity contribution in [2.24, 2.45) is 7.05 Å². The normalized spacial score (nSPS) is 10.2. The van der Waals surface area contributed by atoms with Crippen molar-refractivity contribution in [3.8, 4) is 0 Å². The van der Waals surface area contributed by atoms with Crippen molar-refractivity contribution in [2.45, 2.75) is 6.92 Å². The van der Waals surface area contributed by atoms with E-state index >= 15 is 0 Å². The second kappa shape index (κ2) is 4.89. The molecule has 1 aromatic heterocycles. The molecule has 1 N–H and O–H groups in total. The summed E-state index contributed by atoms with van der Waals surface area (Å²) in [6.07, 6.45) is 0. The molecule has 0 spiro atoms. The zero-order chi connectivity index (χ0) is 14.0. The molecule has 1 aromatic carbocycles. The molecule has 7 heteroatoms. The molecule has 1 amide bonds. The topological polar surface area (TPSA) is 90.1 Å². The summed E-state index contributed by atoms with van der Waals surface area (Å²) < 4.78 is 1.06. The Morgan fingerprint density at radius 1 is 1.37 bits per heavy atom. The van der Waals surface area contributed by atoms with Gasteiger partial charge in [0.1, 0.15) is 7.05 Å². The quantitative estimate of drug-likeness (QED) is 0.674. The first-order valence-corrected chi connectivity index (χ1v) is 5.54. The molecular weight excluding hydrogens is 248 g/mol. The third-order valence-electron chi connectivity index (χ3n) is 2.58. The second-order valence-electron chi connectivity index (χ2n) is 4.09. The highest BCUT2D eigenvalue weighted by Gasteiger charge is 2.19. The number of aromatic nitrogens is 2. The number of carbonyl (C=O) groups excluding carboxylic acids is 1. The lowest BCUT2D eigenvalue weighted by Gasteiger charge is -2.02. The first-order chi connectivity index (χ1) is 8.97. The minimum Gasteiger partial charge on any atom is -0.358 e. The zero-order valence-electron chi connectivity index (χ0n) is 10.5. The summed E-state index contributed by atoms with van der Waals surface area (Å²) in [6, 6.07) is 8.37. The van der Waals surface area contributed by atoms with Gasteiger partial charge in [-0.25, -0.2) is 0 Å². The third kappa shape index (κ3) is 2.76. The summed E-state index contributed by atoms with van der Waals surface area (Å²) in [5.41, 5.74) is 1.70. The lowest BCUT2D eigenvalue weighted by atomic mass is 10.2. The van der Waals surface area contributed by atoms with Gasteiger partial charge in [-0.15, -0.1) is 4.68 Å². The first-order valence-electron chi connectivity index (χ1n) is 5.54. The van der Waals surface area contributed by atoms with Gasteiger partial charge in [0.15, 0.2) is 5.69 Å². The number of nitro groups is 1. The van der Waals surface area contributed by atoms with Gasteiger partial charge < -0.3 is 15.4 Å². The summed E-state index contributed by atoms with van der Waals surface area (Å²) in [5.74, 6) is -0.707. The first kappa shape index (κ1) is 12.7. The fourth-order valence-electron chi connectivity index (χ4n) is 1.57. The fraction of sp³-hybridized carbons (Fsp3) is 0.167. The van der Waals surface area contributed by atoms with E-state index in [1.165, 1.54) is 7.05 Å². The van der Waals surface area contributed by atoms with Gasteiger partial charge in [-0.05, 0) is 24.0 Å². The Kier molecular flexibility index (Phi) is 3.28. The van der Waals surface area contributed by atoms with Crippen LogP contribution in [0.3, 0.4) is 0 Å². The van der Waals surface area contributed by atoms with E-state index in [1.807, 2.05) is 19.1 Å². The van der Waals surface area contributed by atoms with Crippen molar-refractivity contribution in [3.63, 3.8) is 0 Å². The van der Waals surface area contributed by atoms with Crippen LogP contribution in [-0.4, -0.2) is 20.6 Å². The van der Waals surface area contributed by atoms with Gasteiger partial charge in [0.25, 0.3) is 5.91 Å². The third-order valence-corrected chi connectivity index (χ3v) is 2.58. The van der Waals surface area contributed by atoms with E-state index in [4.69, 9.17) is 0 Å². The molecule has 0 bridgehead atoms. The zero-order valence-corrected chi connectivity index (χ0v) is 10.5. The molecule has 0 aliphatic carbocycles. The van der Waals surface area contributed by atoms with Crippen LogP contribution in [-0.2, 0) is 7.05 Å². The molecule has 19 heavy (non-hydrogen) atoms. The summed E-state index contributed by atoms with van der Waals surface area (Å²) in [5, 5.41) is 17.1. The molecule has 0 aliphatic rings. The Balaban J connectivity index is 2.18. The Morgan fingerprint density at radius 3 is 2.53 bits per heavy atom. The molecule has 7 nitrogen and oxygen atoms in total. The minimum absolute atomic E-state index is 0.00905. The number of amides is 1. The number of hydrogen-bond acceptors (Lipinski definition) is 4. The van der Waals surface area contributed by atoms with Crippen LogP contribution >= 0.6 is 0 Å². The van der Waals surface area contributed by atoms with Gasteiger partial charge in [0.2, 0.25) is 0 Å². The lowest BCUT2D eigenvalue weighted by Crippen LogP contribution is -2.12. The predicted octanol–water partition coefficient (Wildman–Crippen LogP) is 1.89. The molecule has 1 heterocycles. The standard InChI is InChI=1S/C12H12N4O3/c1-8-3-5-9(6-4-8)13-12(17)10-7-11(16(18)19)15(2)14-10/h3-7H,1-2H3,(H,13,17). The van der Waals surface area contributed by atoms with Crippen LogP contribution in [0.4, 0.5) is 11.5 Å². The van der Waals surface area contributed by atoms with Gasteiger partial charge in [0.05, 0.1) is 6.07 Å². The number of hydrogen-bond donors (Lipinski definition) is 1. The monoisotopic (exact) mass is 260 g/mol. The number of nitrogens with zero attached hydrogens (tertiary/aromatic N) is 3. The van der Waals surface area contributed by atoms with Crippen LogP contribution in [0.25, 0.3) is 0 Å². The predicted molar refractivity (Wildman–Crippen MR) is 69.0 cm³/mol. The maximum atomic E-state index is 11.9. The molecule has 2 aromatic rings. The Labute approximate surface area is 109 Å². The number of carbonyl (C=O) groups is 1. The fourth-order valence-corrected chi connectivity index (χ4v) is 1.57. The van der Waals surface area contributed by atoms with Crippen molar-refractivity contribution < 1.29 is 9.72 Å². The van der Waals surface area contributed by atoms with E-state index in [0.29, 0.717) is 5.69 Å². The van der Waals surface area contributed by atoms with Gasteiger partial charge in [0, 0.05) is 5.69 Å². The highest BCUT2D eigenvalue weighted by Crippen LogP contribution is 2.14. The van der Waals surface area contributed by atoms with Crippen LogP contribution in [0.15, 0.2) is 30.3 Å². The number of aryl methyl sites for hydroxylation is 2. The molecule has 2 rings (SSSR count). The van der Waals surface area contributed by atoms with Crippen LogP contribution in [0, 0.1) is 17.0 Å². The summed E-state index contributed by atoms with van der Waals surface area (Å²) >= 11 is 0. The van der Waals surface area contributed by atoms with Crippen molar-refractivity contribution in [3.05, 3.63) is 51.7 Å². The average molecular weight is 260 g/mol. The van der Waals surface area contributed by atoms with Gasteiger partial charge in [-0.1, -0.05) is 22.8 Å². The molecular formula is C12H12N4O3. The van der Waals surface area contributed by atoms with E-state index in [0.717, 1.165) is 16.3 Å². The largest absolute Gasteiger partial charge is 0.358 e. The highest BCUT2D eigenvalue weighted by molar-refractivity contribution is 6.03. The smallest absolute Gasteiger partial charge is 0.345 e. The molecule has 0 fully saturated rings.